The van der Waals surface area contributed by atoms with Gasteiger partial charge in [-0.05, 0) is 36.7 Å². The molecule has 2 unspecified atom stereocenters. The Hall–Kier alpha value is -0.810. The predicted molar refractivity (Wildman–Crippen MR) is 78.3 cm³/mol. The van der Waals surface area contributed by atoms with E-state index in [0.29, 0.717) is 11.5 Å². The Balaban J connectivity index is 1.83. The molecule has 4 nitrogen and oxygen atoms in total. The Morgan fingerprint density at radius 3 is 2.85 bits per heavy atom. The normalized spacial score (nSPS) is 31.1. The average Bonchev–Trinajstić information content (AvgIpc) is 2.82. The van der Waals surface area contributed by atoms with Crippen molar-refractivity contribution >= 4 is 9.84 Å². The molecule has 3 rings (SSSR count). The molecule has 1 saturated heterocycles. The fraction of sp³-hybridized carbons (Fsp3) is 0.733. The van der Waals surface area contributed by atoms with E-state index in [4.69, 9.17) is 0 Å². The Morgan fingerprint density at radius 2 is 2.20 bits per heavy atom. The molecule has 0 spiro atoms. The summed E-state index contributed by atoms with van der Waals surface area (Å²) in [4.78, 5) is 0. The standard InChI is InChI=1S/C15H23NO3S/c1-15(2)7-13-12(14(17)8-15)3-5-16(13)9-11-4-6-20(18,19)10-11/h3,5,11,14,17H,4,6-10H2,1-2H3. The molecule has 2 atom stereocenters. The second-order valence-corrected chi connectivity index (χ2v) is 9.43. The first-order valence-electron chi connectivity index (χ1n) is 7.32. The van der Waals surface area contributed by atoms with Gasteiger partial charge in [0, 0.05) is 24.0 Å². The van der Waals surface area contributed by atoms with E-state index >= 15 is 0 Å². The second-order valence-electron chi connectivity index (χ2n) is 7.20. The van der Waals surface area contributed by atoms with E-state index in [-0.39, 0.29) is 17.4 Å². The zero-order valence-electron chi connectivity index (χ0n) is 12.2. The molecule has 0 saturated carbocycles. The van der Waals surface area contributed by atoms with Gasteiger partial charge in [-0.25, -0.2) is 8.42 Å². The van der Waals surface area contributed by atoms with Crippen molar-refractivity contribution in [3.63, 3.8) is 0 Å². The van der Waals surface area contributed by atoms with E-state index < -0.39 is 9.84 Å². The van der Waals surface area contributed by atoms with Crippen molar-refractivity contribution < 1.29 is 13.5 Å². The number of aliphatic hydroxyl groups excluding tert-OH is 1. The molecular formula is C15H23NO3S. The smallest absolute Gasteiger partial charge is 0.150 e. The molecule has 0 aromatic carbocycles. The molecule has 1 aliphatic heterocycles. The van der Waals surface area contributed by atoms with Crippen molar-refractivity contribution in [3.8, 4) is 0 Å². The third-order valence-corrected chi connectivity index (χ3v) is 6.48. The highest BCUT2D eigenvalue weighted by atomic mass is 32.2. The van der Waals surface area contributed by atoms with Gasteiger partial charge in [-0.15, -0.1) is 0 Å². The maximum atomic E-state index is 11.6. The third kappa shape index (κ3) is 2.66. The van der Waals surface area contributed by atoms with Crippen LogP contribution in [0.15, 0.2) is 12.3 Å². The van der Waals surface area contributed by atoms with Crippen LogP contribution in [0.1, 0.15) is 44.1 Å². The summed E-state index contributed by atoms with van der Waals surface area (Å²) < 4.78 is 25.3. The molecule has 2 heterocycles. The molecule has 0 bridgehead atoms. The zero-order chi connectivity index (χ0) is 14.5. The third-order valence-electron chi connectivity index (χ3n) is 4.65. The van der Waals surface area contributed by atoms with Crippen LogP contribution in [-0.2, 0) is 22.8 Å². The summed E-state index contributed by atoms with van der Waals surface area (Å²) in [6, 6.07) is 2.00. The minimum Gasteiger partial charge on any atom is -0.388 e. The van der Waals surface area contributed by atoms with Gasteiger partial charge in [0.2, 0.25) is 0 Å². The first kappa shape index (κ1) is 14.1. The van der Waals surface area contributed by atoms with Crippen LogP contribution < -0.4 is 0 Å². The Labute approximate surface area is 120 Å². The molecular weight excluding hydrogens is 274 g/mol. The summed E-state index contributed by atoms with van der Waals surface area (Å²) in [5.74, 6) is 0.861. The molecule has 0 radical (unpaired) electrons. The van der Waals surface area contributed by atoms with Crippen LogP contribution in [0.5, 0.6) is 0 Å². The van der Waals surface area contributed by atoms with Crippen molar-refractivity contribution in [2.45, 2.75) is 45.8 Å². The van der Waals surface area contributed by atoms with Crippen molar-refractivity contribution in [2.75, 3.05) is 11.5 Å². The van der Waals surface area contributed by atoms with Gasteiger partial charge < -0.3 is 9.67 Å². The summed E-state index contributed by atoms with van der Waals surface area (Å²) in [6.45, 7) is 5.12. The molecule has 20 heavy (non-hydrogen) atoms. The minimum absolute atomic E-state index is 0.101. The lowest BCUT2D eigenvalue weighted by atomic mass is 9.75. The maximum Gasteiger partial charge on any atom is 0.150 e. The van der Waals surface area contributed by atoms with E-state index in [1.54, 1.807) is 0 Å². The van der Waals surface area contributed by atoms with Crippen LogP contribution in [0.25, 0.3) is 0 Å². The number of nitrogens with zero attached hydrogens (tertiary/aromatic N) is 1. The van der Waals surface area contributed by atoms with Gasteiger partial charge in [-0.3, -0.25) is 0 Å². The van der Waals surface area contributed by atoms with Gasteiger partial charge in [0.1, 0.15) is 0 Å². The highest BCUT2D eigenvalue weighted by Gasteiger charge is 2.34. The molecule has 1 fully saturated rings. The van der Waals surface area contributed by atoms with Crippen molar-refractivity contribution in [1.29, 1.82) is 0 Å². The lowest BCUT2D eigenvalue weighted by Crippen LogP contribution is -2.27. The molecule has 112 valence electrons. The predicted octanol–water partition coefficient (Wildman–Crippen LogP) is 1.93. The van der Waals surface area contributed by atoms with Gasteiger partial charge in [0.15, 0.2) is 9.84 Å². The number of aliphatic hydroxyl groups is 1. The number of fused-ring (bicyclic) bond motifs is 1. The average molecular weight is 297 g/mol. The minimum atomic E-state index is -2.82. The molecule has 1 N–H and O–H groups in total. The number of hydrogen-bond donors (Lipinski definition) is 1. The highest BCUT2D eigenvalue weighted by molar-refractivity contribution is 7.91. The fourth-order valence-electron chi connectivity index (χ4n) is 3.65. The zero-order valence-corrected chi connectivity index (χ0v) is 13.0. The highest BCUT2D eigenvalue weighted by Crippen LogP contribution is 2.41. The van der Waals surface area contributed by atoms with Crippen LogP contribution in [0.2, 0.25) is 0 Å². The van der Waals surface area contributed by atoms with Crippen LogP contribution in [0.3, 0.4) is 0 Å². The van der Waals surface area contributed by atoms with Crippen molar-refractivity contribution in [1.82, 2.24) is 4.57 Å². The van der Waals surface area contributed by atoms with Crippen LogP contribution in [0.4, 0.5) is 0 Å². The molecule has 1 aliphatic carbocycles. The summed E-state index contributed by atoms with van der Waals surface area (Å²) in [5, 5.41) is 10.2. The maximum absolute atomic E-state index is 11.6. The summed E-state index contributed by atoms with van der Waals surface area (Å²) in [7, 11) is -2.82. The van der Waals surface area contributed by atoms with Crippen molar-refractivity contribution in [3.05, 3.63) is 23.5 Å². The van der Waals surface area contributed by atoms with Gasteiger partial charge in [0.25, 0.3) is 0 Å². The molecule has 5 heteroatoms. The van der Waals surface area contributed by atoms with Crippen molar-refractivity contribution in [2.24, 2.45) is 11.3 Å². The largest absolute Gasteiger partial charge is 0.388 e. The summed E-state index contributed by atoms with van der Waals surface area (Å²) in [5.41, 5.74) is 2.33. The van der Waals surface area contributed by atoms with E-state index in [0.717, 1.165) is 31.4 Å². The number of hydrogen-bond acceptors (Lipinski definition) is 3. The monoisotopic (exact) mass is 297 g/mol. The number of sulfone groups is 1. The first-order valence-corrected chi connectivity index (χ1v) is 9.14. The van der Waals surface area contributed by atoms with Crippen LogP contribution >= 0.6 is 0 Å². The van der Waals surface area contributed by atoms with Gasteiger partial charge >= 0.3 is 0 Å². The lowest BCUT2D eigenvalue weighted by molar-refractivity contribution is 0.0977. The van der Waals surface area contributed by atoms with E-state index in [9.17, 15) is 13.5 Å². The first-order chi connectivity index (χ1) is 9.26. The lowest BCUT2D eigenvalue weighted by Gasteiger charge is -2.34. The Kier molecular flexibility index (Phi) is 3.25. The molecule has 1 aromatic rings. The van der Waals surface area contributed by atoms with E-state index in [1.807, 2.05) is 12.3 Å². The number of aromatic nitrogens is 1. The van der Waals surface area contributed by atoms with E-state index in [2.05, 4.69) is 18.4 Å². The summed E-state index contributed by atoms with van der Waals surface area (Å²) >= 11 is 0. The van der Waals surface area contributed by atoms with Gasteiger partial charge in [-0.2, -0.15) is 0 Å². The SMILES string of the molecule is CC1(C)Cc2c(ccn2CC2CCS(=O)(=O)C2)C(O)C1. The van der Waals surface area contributed by atoms with Crippen LogP contribution in [0, 0.1) is 11.3 Å². The fourth-order valence-corrected chi connectivity index (χ4v) is 5.50. The second kappa shape index (κ2) is 4.60. The quantitative estimate of drug-likeness (QED) is 0.907. The van der Waals surface area contributed by atoms with Gasteiger partial charge in [-0.1, -0.05) is 13.8 Å². The topological polar surface area (TPSA) is 59.3 Å². The molecule has 0 amide bonds. The van der Waals surface area contributed by atoms with Crippen LogP contribution in [-0.4, -0.2) is 29.6 Å². The molecule has 1 aromatic heterocycles. The molecule has 2 aliphatic rings. The Morgan fingerprint density at radius 1 is 1.45 bits per heavy atom. The Bertz CT molecular complexity index is 615. The number of rotatable bonds is 2. The van der Waals surface area contributed by atoms with E-state index in [1.165, 1.54) is 5.69 Å². The summed E-state index contributed by atoms with van der Waals surface area (Å²) in [6.07, 6.45) is 4.14. The van der Waals surface area contributed by atoms with Gasteiger partial charge in [0.05, 0.1) is 17.6 Å².